The molecule has 0 unspecified atom stereocenters. The molecule has 1 aromatic carbocycles. The number of unbranched alkanes of at least 4 members (excludes halogenated alkanes) is 1. The Kier molecular flexibility index (Phi) is 6.70. The first kappa shape index (κ1) is 18.2. The van der Waals surface area contributed by atoms with Crippen molar-refractivity contribution in [2.24, 2.45) is 0 Å². The zero-order valence-electron chi connectivity index (χ0n) is 13.8. The molecule has 0 atom stereocenters. The Morgan fingerprint density at radius 1 is 1.20 bits per heavy atom. The number of nitrogens with zero attached hydrogens (tertiary/aromatic N) is 2. The number of aromatic nitrogens is 2. The molecule has 0 aliphatic rings. The van der Waals surface area contributed by atoms with Crippen molar-refractivity contribution in [3.8, 4) is 23.2 Å². The van der Waals surface area contributed by atoms with Gasteiger partial charge in [-0.3, -0.25) is 9.32 Å². The van der Waals surface area contributed by atoms with Crippen molar-refractivity contribution in [1.82, 2.24) is 10.1 Å². The summed E-state index contributed by atoms with van der Waals surface area (Å²) in [5.74, 6) is 0.0513. The largest absolute Gasteiger partial charge is 0.494 e. The van der Waals surface area contributed by atoms with E-state index in [4.69, 9.17) is 18.7 Å². The highest BCUT2D eigenvalue weighted by Gasteiger charge is 2.11. The van der Waals surface area contributed by atoms with E-state index < -0.39 is 11.9 Å². The first-order valence-corrected chi connectivity index (χ1v) is 7.63. The summed E-state index contributed by atoms with van der Waals surface area (Å²) in [6.45, 7) is 5.42. The number of hydrogen-bond donors (Lipinski definition) is 0. The molecule has 1 aromatic heterocycles. The van der Waals surface area contributed by atoms with Crippen molar-refractivity contribution in [3.05, 3.63) is 36.9 Å². The summed E-state index contributed by atoms with van der Waals surface area (Å²) < 4.78 is 20.0. The van der Waals surface area contributed by atoms with E-state index in [9.17, 15) is 9.59 Å². The van der Waals surface area contributed by atoms with Crippen LogP contribution in [0, 0.1) is 0 Å². The van der Waals surface area contributed by atoms with Gasteiger partial charge < -0.3 is 14.2 Å². The predicted molar refractivity (Wildman–Crippen MR) is 86.9 cm³/mol. The Hall–Kier alpha value is -3.16. The molecule has 0 fully saturated rings. The van der Waals surface area contributed by atoms with E-state index in [1.165, 1.54) is 6.92 Å². The molecule has 25 heavy (non-hydrogen) atoms. The van der Waals surface area contributed by atoms with E-state index in [2.05, 4.69) is 16.7 Å². The van der Waals surface area contributed by atoms with Crippen LogP contribution in [0.2, 0.25) is 0 Å². The minimum atomic E-state index is -0.529. The van der Waals surface area contributed by atoms with Gasteiger partial charge in [-0.15, -0.1) is 0 Å². The minimum Gasteiger partial charge on any atom is -0.494 e. The van der Waals surface area contributed by atoms with Gasteiger partial charge >= 0.3 is 18.0 Å². The van der Waals surface area contributed by atoms with Crippen LogP contribution in [0.3, 0.4) is 0 Å². The van der Waals surface area contributed by atoms with Crippen LogP contribution in [0.1, 0.15) is 19.8 Å². The number of carbonyl (C=O) groups is 2. The Labute approximate surface area is 144 Å². The van der Waals surface area contributed by atoms with Crippen LogP contribution in [-0.4, -0.2) is 35.3 Å². The normalized spacial score (nSPS) is 10.1. The van der Waals surface area contributed by atoms with Gasteiger partial charge in [-0.2, -0.15) is 4.98 Å². The van der Waals surface area contributed by atoms with Crippen molar-refractivity contribution >= 4 is 11.9 Å². The molecular formula is C17H18N2O6. The van der Waals surface area contributed by atoms with Crippen LogP contribution in [0.4, 0.5) is 0 Å². The van der Waals surface area contributed by atoms with E-state index in [-0.39, 0.29) is 6.08 Å². The Morgan fingerprint density at radius 2 is 1.92 bits per heavy atom. The van der Waals surface area contributed by atoms with E-state index >= 15 is 0 Å². The summed E-state index contributed by atoms with van der Waals surface area (Å²) in [5, 5.41) is 3.73. The second-order valence-electron chi connectivity index (χ2n) is 4.93. The minimum absolute atomic E-state index is 0.194. The molecule has 0 aliphatic heterocycles. The van der Waals surface area contributed by atoms with Gasteiger partial charge in [0.2, 0.25) is 5.82 Å². The average Bonchev–Trinajstić information content (AvgIpc) is 3.06. The lowest BCUT2D eigenvalue weighted by Gasteiger charge is -2.06. The van der Waals surface area contributed by atoms with E-state index in [0.29, 0.717) is 36.8 Å². The van der Waals surface area contributed by atoms with E-state index in [0.717, 1.165) is 12.5 Å². The standard InChI is InChI=1S/C17H18N2O6/c1-3-15(21)23-11-5-4-10-22-14-8-6-13(7-9-14)16-18-17(25-19-16)24-12(2)20/h3,6-9H,1,4-5,10-11H2,2H3. The molecule has 0 amide bonds. The molecule has 132 valence electrons. The highest BCUT2D eigenvalue weighted by molar-refractivity contribution is 5.81. The van der Waals surface area contributed by atoms with Gasteiger partial charge in [0.05, 0.1) is 13.2 Å². The van der Waals surface area contributed by atoms with Gasteiger partial charge in [0.1, 0.15) is 5.75 Å². The van der Waals surface area contributed by atoms with Crippen LogP contribution in [-0.2, 0) is 14.3 Å². The number of hydrogen-bond acceptors (Lipinski definition) is 8. The molecule has 0 saturated heterocycles. The van der Waals surface area contributed by atoms with Crippen molar-refractivity contribution < 1.29 is 28.3 Å². The zero-order valence-corrected chi connectivity index (χ0v) is 13.8. The number of rotatable bonds is 9. The van der Waals surface area contributed by atoms with E-state index in [1.807, 2.05) is 0 Å². The molecule has 1 heterocycles. The fourth-order valence-electron chi connectivity index (χ4n) is 1.82. The zero-order chi connectivity index (χ0) is 18.1. The summed E-state index contributed by atoms with van der Waals surface area (Å²) >= 11 is 0. The summed E-state index contributed by atoms with van der Waals surface area (Å²) in [6.07, 6.45) is 2.40. The molecule has 8 heteroatoms. The average molecular weight is 346 g/mol. The van der Waals surface area contributed by atoms with Gasteiger partial charge in [-0.25, -0.2) is 4.79 Å². The topological polar surface area (TPSA) is 101 Å². The van der Waals surface area contributed by atoms with Crippen molar-refractivity contribution in [2.75, 3.05) is 13.2 Å². The number of esters is 2. The molecule has 0 aliphatic carbocycles. The quantitative estimate of drug-likeness (QED) is 0.388. The van der Waals surface area contributed by atoms with Gasteiger partial charge in [0, 0.05) is 18.6 Å². The van der Waals surface area contributed by atoms with E-state index in [1.54, 1.807) is 24.3 Å². The van der Waals surface area contributed by atoms with Crippen LogP contribution < -0.4 is 9.47 Å². The fraction of sp³-hybridized carbons (Fsp3) is 0.294. The molecule has 0 saturated carbocycles. The molecule has 8 nitrogen and oxygen atoms in total. The maximum Gasteiger partial charge on any atom is 0.425 e. The van der Waals surface area contributed by atoms with Gasteiger partial charge in [-0.05, 0) is 37.1 Å². The third-order valence-electron chi connectivity index (χ3n) is 2.97. The van der Waals surface area contributed by atoms with Crippen molar-refractivity contribution in [2.45, 2.75) is 19.8 Å². The van der Waals surface area contributed by atoms with Crippen LogP contribution >= 0.6 is 0 Å². The SMILES string of the molecule is C=CC(=O)OCCCCOc1ccc(-c2noc(OC(C)=O)n2)cc1. The van der Waals surface area contributed by atoms with Crippen molar-refractivity contribution in [3.63, 3.8) is 0 Å². The molecule has 0 spiro atoms. The summed E-state index contributed by atoms with van der Waals surface area (Å²) in [7, 11) is 0. The highest BCUT2D eigenvalue weighted by atomic mass is 16.7. The fourth-order valence-corrected chi connectivity index (χ4v) is 1.82. The van der Waals surface area contributed by atoms with Crippen LogP contribution in [0.15, 0.2) is 41.4 Å². The van der Waals surface area contributed by atoms with Gasteiger partial charge in [0.25, 0.3) is 0 Å². The molecular weight excluding hydrogens is 328 g/mol. The van der Waals surface area contributed by atoms with Crippen molar-refractivity contribution in [1.29, 1.82) is 0 Å². The molecule has 2 aromatic rings. The summed E-state index contributed by atoms with van der Waals surface area (Å²) in [5.41, 5.74) is 0.700. The molecule has 0 bridgehead atoms. The molecule has 0 N–H and O–H groups in total. The second kappa shape index (κ2) is 9.21. The van der Waals surface area contributed by atoms with Crippen LogP contribution in [0.25, 0.3) is 11.4 Å². The molecule has 0 radical (unpaired) electrons. The second-order valence-corrected chi connectivity index (χ2v) is 4.93. The number of benzene rings is 1. The first-order chi connectivity index (χ1) is 12.1. The lowest BCUT2D eigenvalue weighted by Crippen LogP contribution is -2.04. The first-order valence-electron chi connectivity index (χ1n) is 7.63. The number of carbonyl (C=O) groups excluding carboxylic acids is 2. The summed E-state index contributed by atoms with van der Waals surface area (Å²) in [4.78, 5) is 25.6. The lowest BCUT2D eigenvalue weighted by molar-refractivity contribution is -0.138. The highest BCUT2D eigenvalue weighted by Crippen LogP contribution is 2.22. The third kappa shape index (κ3) is 6.09. The number of ether oxygens (including phenoxy) is 3. The Balaban J connectivity index is 1.76. The lowest BCUT2D eigenvalue weighted by atomic mass is 10.2. The third-order valence-corrected chi connectivity index (χ3v) is 2.97. The van der Waals surface area contributed by atoms with Gasteiger partial charge in [0.15, 0.2) is 0 Å². The maximum atomic E-state index is 10.9. The van der Waals surface area contributed by atoms with Gasteiger partial charge in [-0.1, -0.05) is 11.7 Å². The summed E-state index contributed by atoms with van der Waals surface area (Å²) in [6, 6.07) is 7.08. The smallest absolute Gasteiger partial charge is 0.425 e. The van der Waals surface area contributed by atoms with Crippen LogP contribution in [0.5, 0.6) is 11.8 Å². The Bertz CT molecular complexity index is 723. The Morgan fingerprint density at radius 3 is 2.60 bits per heavy atom. The maximum absolute atomic E-state index is 10.9. The molecule has 2 rings (SSSR count). The monoisotopic (exact) mass is 346 g/mol. The predicted octanol–water partition coefficient (Wildman–Crippen LogP) is 2.55.